The van der Waals surface area contributed by atoms with E-state index in [1.165, 1.54) is 30.3 Å². The highest BCUT2D eigenvalue weighted by molar-refractivity contribution is 7.91. The van der Waals surface area contributed by atoms with Crippen molar-refractivity contribution < 1.29 is 32.3 Å². The van der Waals surface area contributed by atoms with Gasteiger partial charge in [-0.15, -0.1) is 4.99 Å². The first-order chi connectivity index (χ1) is 17.2. The van der Waals surface area contributed by atoms with Gasteiger partial charge in [0.15, 0.2) is 0 Å². The lowest BCUT2D eigenvalue weighted by Gasteiger charge is -2.22. The van der Waals surface area contributed by atoms with Crippen LogP contribution in [0.25, 0.3) is 0 Å². The van der Waals surface area contributed by atoms with Crippen LogP contribution in [-0.2, 0) is 24.1 Å². The quantitative estimate of drug-likeness (QED) is 0.399. The summed E-state index contributed by atoms with van der Waals surface area (Å²) < 4.78 is 35.5. The highest BCUT2D eigenvalue weighted by Gasteiger charge is 2.24. The van der Waals surface area contributed by atoms with E-state index in [2.05, 4.69) is 30.4 Å². The monoisotopic (exact) mass is 516 g/mol. The predicted molar refractivity (Wildman–Crippen MR) is 133 cm³/mol. The van der Waals surface area contributed by atoms with Crippen molar-refractivity contribution in [2.24, 2.45) is 10.9 Å². The van der Waals surface area contributed by atoms with Crippen LogP contribution >= 0.6 is 0 Å². The van der Waals surface area contributed by atoms with Gasteiger partial charge in [-0.2, -0.15) is 0 Å². The van der Waals surface area contributed by atoms with Gasteiger partial charge in [0.2, 0.25) is 21.7 Å². The maximum Gasteiger partial charge on any atom is 0.436 e. The molecule has 0 aromatic heterocycles. The first-order valence-corrected chi connectivity index (χ1v) is 12.8. The van der Waals surface area contributed by atoms with E-state index in [0.29, 0.717) is 0 Å². The summed E-state index contributed by atoms with van der Waals surface area (Å²) in [6.45, 7) is 0. The molecule has 0 heterocycles. The van der Waals surface area contributed by atoms with Crippen molar-refractivity contribution in [3.05, 3.63) is 48.5 Å². The van der Waals surface area contributed by atoms with Gasteiger partial charge in [-0.1, -0.05) is 37.5 Å². The Bertz CT molecular complexity index is 1240. The molecule has 0 bridgehead atoms. The van der Waals surface area contributed by atoms with E-state index in [1.807, 2.05) is 0 Å². The summed E-state index contributed by atoms with van der Waals surface area (Å²) in [6, 6.07) is 11.9. The molecule has 3 rings (SSSR count). The van der Waals surface area contributed by atoms with Crippen molar-refractivity contribution in [2.75, 3.05) is 24.9 Å². The number of hydrogen-bond donors (Lipinski definition) is 3. The minimum absolute atomic E-state index is 0.0751. The summed E-state index contributed by atoms with van der Waals surface area (Å²) in [5.41, 5.74) is 0.317. The molecule has 12 heteroatoms. The Balaban J connectivity index is 2.02. The van der Waals surface area contributed by atoms with E-state index in [1.54, 1.807) is 18.2 Å². The molecule has 1 aliphatic rings. The predicted octanol–water partition coefficient (Wildman–Crippen LogP) is 3.93. The maximum atomic E-state index is 13.2. The highest BCUT2D eigenvalue weighted by atomic mass is 32.2. The van der Waals surface area contributed by atoms with Crippen molar-refractivity contribution in [3.63, 3.8) is 0 Å². The molecule has 192 valence electrons. The molecule has 1 saturated carbocycles. The summed E-state index contributed by atoms with van der Waals surface area (Å²) in [6.07, 6.45) is 2.53. The van der Waals surface area contributed by atoms with Crippen LogP contribution in [0.2, 0.25) is 0 Å². The first-order valence-electron chi connectivity index (χ1n) is 11.3. The fourth-order valence-electron chi connectivity index (χ4n) is 3.74. The minimum Gasteiger partial charge on any atom is -0.453 e. The van der Waals surface area contributed by atoms with E-state index in [4.69, 9.17) is 0 Å². The maximum absolute atomic E-state index is 13.2. The molecule has 11 nitrogen and oxygen atoms in total. The van der Waals surface area contributed by atoms with Crippen molar-refractivity contribution >= 4 is 45.3 Å². The summed E-state index contributed by atoms with van der Waals surface area (Å²) in [5.74, 6) is -0.768. The van der Waals surface area contributed by atoms with E-state index in [9.17, 15) is 22.8 Å². The fourth-order valence-corrected chi connectivity index (χ4v) is 5.05. The third kappa shape index (κ3) is 6.81. The molecule has 0 atom stereocenters. The summed E-state index contributed by atoms with van der Waals surface area (Å²) >= 11 is 0. The number of nitrogens with one attached hydrogen (secondary N) is 3. The molecule has 0 aliphatic heterocycles. The number of carbonyl (C=O) groups excluding carboxylic acids is 3. The van der Waals surface area contributed by atoms with Crippen LogP contribution in [0.3, 0.4) is 0 Å². The van der Waals surface area contributed by atoms with Crippen molar-refractivity contribution in [1.29, 1.82) is 0 Å². The lowest BCUT2D eigenvalue weighted by molar-refractivity contribution is -0.120. The van der Waals surface area contributed by atoms with E-state index < -0.39 is 28.0 Å². The Kier molecular flexibility index (Phi) is 9.01. The topological polar surface area (TPSA) is 152 Å². The number of sulfone groups is 1. The van der Waals surface area contributed by atoms with E-state index in [-0.39, 0.29) is 33.0 Å². The van der Waals surface area contributed by atoms with Gasteiger partial charge in [-0.25, -0.2) is 18.0 Å². The molecule has 2 aromatic rings. The number of nitrogens with zero attached hydrogens (tertiary/aromatic N) is 1. The average molecular weight is 517 g/mol. The van der Waals surface area contributed by atoms with Crippen LogP contribution in [0, 0.1) is 5.92 Å². The lowest BCUT2D eigenvalue weighted by atomic mass is 9.88. The number of methoxy groups -OCH3 is 2. The molecule has 2 aromatic carbocycles. The zero-order chi connectivity index (χ0) is 26.1. The van der Waals surface area contributed by atoms with Gasteiger partial charge in [0.25, 0.3) is 0 Å². The van der Waals surface area contributed by atoms with Gasteiger partial charge in [-0.3, -0.25) is 10.1 Å². The number of hydrogen-bond acceptors (Lipinski definition) is 7. The highest BCUT2D eigenvalue weighted by Crippen LogP contribution is 2.31. The summed E-state index contributed by atoms with van der Waals surface area (Å²) in [5, 5.41) is 7.76. The Morgan fingerprint density at radius 3 is 2.19 bits per heavy atom. The van der Waals surface area contributed by atoms with Crippen LogP contribution in [0.5, 0.6) is 0 Å². The number of rotatable bonds is 5. The zero-order valence-electron chi connectivity index (χ0n) is 19.9. The van der Waals surface area contributed by atoms with Crippen molar-refractivity contribution in [1.82, 2.24) is 5.32 Å². The van der Waals surface area contributed by atoms with Crippen molar-refractivity contribution in [2.45, 2.75) is 41.9 Å². The number of aliphatic imine (C=N–C) groups is 1. The minimum atomic E-state index is -3.91. The van der Waals surface area contributed by atoms with E-state index >= 15 is 0 Å². The Labute approximate surface area is 209 Å². The number of alkyl carbamates (subject to hydrolysis) is 1. The van der Waals surface area contributed by atoms with Gasteiger partial charge in [0, 0.05) is 5.92 Å². The molecule has 3 amide bonds. The number of anilines is 2. The Morgan fingerprint density at radius 1 is 0.861 bits per heavy atom. The Morgan fingerprint density at radius 2 is 1.56 bits per heavy atom. The fraction of sp³-hybridized carbons (Fsp3) is 0.333. The Hall–Kier alpha value is -3.93. The van der Waals surface area contributed by atoms with Crippen molar-refractivity contribution in [3.8, 4) is 0 Å². The SMILES string of the molecule is COC(=O)N=C(NC(=O)OC)Nc1cc(S(=O)(=O)c2ccccc2)ccc1NC(=O)C1CCCCC1. The molecule has 0 radical (unpaired) electrons. The second-order valence-electron chi connectivity index (χ2n) is 8.02. The molecule has 0 unspecified atom stereocenters. The first kappa shape index (κ1) is 26.7. The smallest absolute Gasteiger partial charge is 0.436 e. The molecule has 0 spiro atoms. The number of ether oxygens (including phenoxy) is 2. The van der Waals surface area contributed by atoms with E-state index in [0.717, 1.165) is 46.3 Å². The second kappa shape index (κ2) is 12.2. The third-order valence-electron chi connectivity index (χ3n) is 5.63. The molecule has 36 heavy (non-hydrogen) atoms. The standard InChI is InChI=1S/C24H28N4O7S/c1-34-23(30)27-22(28-24(31)35-2)26-20-15-18(36(32,33)17-11-7-4-8-12-17)13-14-19(20)25-21(29)16-9-5-3-6-10-16/h4,7-8,11-16H,3,5-6,9-10H2,1-2H3,(H,25,29)(H2,26,27,28,30,31). The van der Waals surface area contributed by atoms with Crippen LogP contribution in [0.15, 0.2) is 63.3 Å². The molecule has 1 aliphatic carbocycles. The van der Waals surface area contributed by atoms with Gasteiger partial charge >= 0.3 is 12.2 Å². The molecular weight excluding hydrogens is 488 g/mol. The third-order valence-corrected chi connectivity index (χ3v) is 7.39. The van der Waals surface area contributed by atoms with Gasteiger partial charge in [0.05, 0.1) is 35.4 Å². The lowest BCUT2D eigenvalue weighted by Crippen LogP contribution is -2.37. The number of amides is 3. The normalized spacial score (nSPS) is 14.4. The number of guanidine groups is 1. The molecule has 1 fully saturated rings. The molecule has 0 saturated heterocycles. The van der Waals surface area contributed by atoms with Gasteiger partial charge in [0.1, 0.15) is 0 Å². The van der Waals surface area contributed by atoms with Crippen LogP contribution in [-0.4, -0.2) is 46.7 Å². The zero-order valence-corrected chi connectivity index (χ0v) is 20.8. The molecular formula is C24H28N4O7S. The van der Waals surface area contributed by atoms with Crippen LogP contribution in [0.4, 0.5) is 21.0 Å². The summed E-state index contributed by atoms with van der Waals surface area (Å²) in [7, 11) is -1.69. The van der Waals surface area contributed by atoms with Gasteiger partial charge in [-0.05, 0) is 43.2 Å². The van der Waals surface area contributed by atoms with Crippen LogP contribution in [0.1, 0.15) is 32.1 Å². The average Bonchev–Trinajstić information content (AvgIpc) is 2.90. The summed E-state index contributed by atoms with van der Waals surface area (Å²) in [4.78, 5) is 40.1. The molecule has 3 N–H and O–H groups in total. The number of carbonyl (C=O) groups is 3. The number of benzene rings is 2. The largest absolute Gasteiger partial charge is 0.453 e. The second-order valence-corrected chi connectivity index (χ2v) is 9.97. The van der Waals surface area contributed by atoms with Crippen LogP contribution < -0.4 is 16.0 Å². The van der Waals surface area contributed by atoms with Gasteiger partial charge < -0.3 is 20.1 Å².